The molecular weight excluding hydrogens is 212 g/mol. The van der Waals surface area contributed by atoms with Crippen molar-refractivity contribution in [2.24, 2.45) is 7.05 Å². The van der Waals surface area contributed by atoms with Crippen LogP contribution in [-0.2, 0) is 13.5 Å². The number of nitrogen functional groups attached to an aromatic ring is 1. The fourth-order valence-electron chi connectivity index (χ4n) is 1.43. The maximum atomic E-state index is 6.00. The van der Waals surface area contributed by atoms with Crippen molar-refractivity contribution in [2.75, 3.05) is 5.73 Å². The quantitative estimate of drug-likeness (QED) is 0.841. The summed E-state index contributed by atoms with van der Waals surface area (Å²) in [6.07, 6.45) is 4.04. The van der Waals surface area contributed by atoms with E-state index in [-0.39, 0.29) is 0 Å². The minimum absolute atomic E-state index is 0.519. The van der Waals surface area contributed by atoms with Crippen LogP contribution in [0.25, 0.3) is 0 Å². The molecule has 4 nitrogen and oxygen atoms in total. The van der Waals surface area contributed by atoms with Crippen molar-refractivity contribution in [2.45, 2.75) is 6.42 Å². The summed E-state index contributed by atoms with van der Waals surface area (Å²) < 4.78 is 1.76. The molecule has 2 aromatic heterocycles. The maximum Gasteiger partial charge on any atom is 0.123 e. The normalized spacial score (nSPS) is 10.5. The second-order valence-electron chi connectivity index (χ2n) is 3.33. The molecule has 0 amide bonds. The Bertz CT molecular complexity index is 459. The van der Waals surface area contributed by atoms with Gasteiger partial charge >= 0.3 is 0 Å². The first-order valence-electron chi connectivity index (χ1n) is 4.53. The van der Waals surface area contributed by atoms with Gasteiger partial charge in [0.25, 0.3) is 0 Å². The van der Waals surface area contributed by atoms with Crippen molar-refractivity contribution in [3.8, 4) is 0 Å². The highest BCUT2D eigenvalue weighted by Gasteiger charge is 2.07. The monoisotopic (exact) mass is 222 g/mol. The minimum atomic E-state index is 0.519. The van der Waals surface area contributed by atoms with Crippen LogP contribution in [0, 0.1) is 0 Å². The number of nitrogens with two attached hydrogens (primary N) is 1. The molecule has 0 saturated heterocycles. The van der Waals surface area contributed by atoms with E-state index >= 15 is 0 Å². The third-order valence-electron chi connectivity index (χ3n) is 2.23. The summed E-state index contributed by atoms with van der Waals surface area (Å²) in [5.74, 6) is 0.519. The molecule has 5 heteroatoms. The molecule has 0 aliphatic carbocycles. The Kier molecular flexibility index (Phi) is 2.60. The van der Waals surface area contributed by atoms with Crippen LogP contribution in [0.5, 0.6) is 0 Å². The van der Waals surface area contributed by atoms with Crippen molar-refractivity contribution in [1.82, 2.24) is 14.8 Å². The molecule has 0 aliphatic rings. The van der Waals surface area contributed by atoms with Gasteiger partial charge in [-0.1, -0.05) is 11.6 Å². The van der Waals surface area contributed by atoms with E-state index in [1.165, 1.54) is 0 Å². The van der Waals surface area contributed by atoms with E-state index < -0.39 is 0 Å². The zero-order valence-electron chi connectivity index (χ0n) is 8.31. The van der Waals surface area contributed by atoms with Crippen LogP contribution in [-0.4, -0.2) is 14.8 Å². The predicted octanol–water partition coefficient (Wildman–Crippen LogP) is 1.64. The van der Waals surface area contributed by atoms with Gasteiger partial charge in [0.2, 0.25) is 0 Å². The average molecular weight is 223 g/mol. The number of hydrogen-bond acceptors (Lipinski definition) is 3. The minimum Gasteiger partial charge on any atom is -0.384 e. The summed E-state index contributed by atoms with van der Waals surface area (Å²) in [6, 6.07) is 3.75. The van der Waals surface area contributed by atoms with Gasteiger partial charge in [0.05, 0.1) is 16.9 Å². The number of pyridine rings is 1. The highest BCUT2D eigenvalue weighted by molar-refractivity contribution is 6.31. The van der Waals surface area contributed by atoms with Crippen molar-refractivity contribution < 1.29 is 0 Å². The van der Waals surface area contributed by atoms with Gasteiger partial charge in [0, 0.05) is 19.7 Å². The van der Waals surface area contributed by atoms with E-state index in [0.717, 1.165) is 11.3 Å². The zero-order valence-corrected chi connectivity index (χ0v) is 9.07. The van der Waals surface area contributed by atoms with E-state index in [1.54, 1.807) is 17.1 Å². The first-order valence-corrected chi connectivity index (χ1v) is 4.91. The van der Waals surface area contributed by atoms with Gasteiger partial charge in [-0.05, 0) is 17.7 Å². The van der Waals surface area contributed by atoms with Gasteiger partial charge in [-0.15, -0.1) is 0 Å². The summed E-state index contributed by atoms with van der Waals surface area (Å²) >= 11 is 6.00. The lowest BCUT2D eigenvalue weighted by Crippen LogP contribution is -2.00. The summed E-state index contributed by atoms with van der Waals surface area (Å²) in [5, 5.41) is 4.75. The molecular formula is C10H11ClN4. The third-order valence-corrected chi connectivity index (χ3v) is 2.54. The van der Waals surface area contributed by atoms with Crippen molar-refractivity contribution >= 4 is 17.4 Å². The van der Waals surface area contributed by atoms with E-state index in [0.29, 0.717) is 17.3 Å². The number of aromatic nitrogens is 3. The number of aryl methyl sites for hydroxylation is 1. The van der Waals surface area contributed by atoms with Crippen LogP contribution in [0.4, 0.5) is 5.82 Å². The topological polar surface area (TPSA) is 56.7 Å². The number of hydrogen-bond donors (Lipinski definition) is 1. The highest BCUT2D eigenvalue weighted by atomic mass is 35.5. The van der Waals surface area contributed by atoms with Crippen LogP contribution < -0.4 is 5.73 Å². The molecule has 15 heavy (non-hydrogen) atoms. The van der Waals surface area contributed by atoms with Gasteiger partial charge in [-0.25, -0.2) is 4.98 Å². The Morgan fingerprint density at radius 1 is 1.53 bits per heavy atom. The van der Waals surface area contributed by atoms with Crippen LogP contribution in [0.15, 0.2) is 24.5 Å². The fourth-order valence-corrected chi connectivity index (χ4v) is 1.67. The molecule has 78 valence electrons. The third kappa shape index (κ3) is 2.10. The second-order valence-corrected chi connectivity index (χ2v) is 3.74. The Balaban J connectivity index is 2.29. The molecule has 0 spiro atoms. The maximum absolute atomic E-state index is 6.00. The first kappa shape index (κ1) is 9.98. The summed E-state index contributed by atoms with van der Waals surface area (Å²) in [4.78, 5) is 3.94. The molecule has 2 N–H and O–H groups in total. The number of anilines is 1. The van der Waals surface area contributed by atoms with Crippen molar-refractivity contribution in [3.63, 3.8) is 0 Å². The SMILES string of the molecule is Cn1ncc(Cl)c1Cc1ccnc(N)c1. The van der Waals surface area contributed by atoms with Crippen LogP contribution >= 0.6 is 11.6 Å². The van der Waals surface area contributed by atoms with Gasteiger partial charge in [0.1, 0.15) is 5.82 Å². The van der Waals surface area contributed by atoms with E-state index in [2.05, 4.69) is 10.1 Å². The van der Waals surface area contributed by atoms with E-state index in [4.69, 9.17) is 17.3 Å². The Morgan fingerprint density at radius 2 is 2.33 bits per heavy atom. The van der Waals surface area contributed by atoms with E-state index in [9.17, 15) is 0 Å². The van der Waals surface area contributed by atoms with Crippen molar-refractivity contribution in [3.05, 3.63) is 40.8 Å². The predicted molar refractivity (Wildman–Crippen MR) is 59.7 cm³/mol. The Morgan fingerprint density at radius 3 is 2.93 bits per heavy atom. The lowest BCUT2D eigenvalue weighted by Gasteiger charge is -2.03. The molecule has 2 aromatic rings. The molecule has 0 atom stereocenters. The smallest absolute Gasteiger partial charge is 0.123 e. The van der Waals surface area contributed by atoms with Gasteiger partial charge in [0.15, 0.2) is 0 Å². The molecule has 0 bridgehead atoms. The molecule has 0 fully saturated rings. The lowest BCUT2D eigenvalue weighted by molar-refractivity contribution is 0.724. The van der Waals surface area contributed by atoms with E-state index in [1.807, 2.05) is 19.2 Å². The summed E-state index contributed by atoms with van der Waals surface area (Å²) in [7, 11) is 1.87. The molecule has 0 saturated carbocycles. The van der Waals surface area contributed by atoms with Crippen LogP contribution in [0.3, 0.4) is 0 Å². The van der Waals surface area contributed by atoms with Crippen LogP contribution in [0.1, 0.15) is 11.3 Å². The van der Waals surface area contributed by atoms with Gasteiger partial charge in [-0.3, -0.25) is 4.68 Å². The second kappa shape index (κ2) is 3.90. The highest BCUT2D eigenvalue weighted by Crippen LogP contribution is 2.18. The molecule has 2 heterocycles. The fraction of sp³-hybridized carbons (Fsp3) is 0.200. The molecule has 2 rings (SSSR count). The lowest BCUT2D eigenvalue weighted by atomic mass is 10.1. The zero-order chi connectivity index (χ0) is 10.8. The first-order chi connectivity index (χ1) is 7.16. The molecule has 0 aromatic carbocycles. The number of rotatable bonds is 2. The van der Waals surface area contributed by atoms with Crippen molar-refractivity contribution in [1.29, 1.82) is 0 Å². The Hall–Kier alpha value is -1.55. The summed E-state index contributed by atoms with van der Waals surface area (Å²) in [6.45, 7) is 0. The summed E-state index contributed by atoms with van der Waals surface area (Å²) in [5.41, 5.74) is 7.65. The number of nitrogens with zero attached hydrogens (tertiary/aromatic N) is 3. The molecule has 0 radical (unpaired) electrons. The number of halogens is 1. The molecule has 0 aliphatic heterocycles. The average Bonchev–Trinajstić information content (AvgIpc) is 2.50. The standard InChI is InChI=1S/C10H11ClN4/c1-15-9(8(11)6-14-15)4-7-2-3-13-10(12)5-7/h2-3,5-6H,4H2,1H3,(H2,12,13). The largest absolute Gasteiger partial charge is 0.384 e. The van der Waals surface area contributed by atoms with Crippen LogP contribution in [0.2, 0.25) is 5.02 Å². The van der Waals surface area contributed by atoms with Gasteiger partial charge in [-0.2, -0.15) is 5.10 Å². The van der Waals surface area contributed by atoms with Gasteiger partial charge < -0.3 is 5.73 Å². The Labute approximate surface area is 92.7 Å². The molecule has 0 unspecified atom stereocenters.